The van der Waals surface area contributed by atoms with Crippen LogP contribution in [0.1, 0.15) is 28.8 Å². The molecule has 2 aromatic rings. The van der Waals surface area contributed by atoms with Crippen LogP contribution in [-0.4, -0.2) is 45.4 Å². The van der Waals surface area contributed by atoms with Crippen molar-refractivity contribution in [2.75, 3.05) is 31.5 Å². The van der Waals surface area contributed by atoms with Gasteiger partial charge in [0.05, 0.1) is 15.5 Å². The summed E-state index contributed by atoms with van der Waals surface area (Å²) < 4.78 is 27.8. The zero-order valence-corrected chi connectivity index (χ0v) is 17.3. The minimum absolute atomic E-state index is 0.0210. The smallest absolute Gasteiger partial charge is 0.257 e. The van der Waals surface area contributed by atoms with E-state index >= 15 is 0 Å². The van der Waals surface area contributed by atoms with Crippen molar-refractivity contribution in [1.82, 2.24) is 9.62 Å². The van der Waals surface area contributed by atoms with Crippen molar-refractivity contribution < 1.29 is 13.2 Å². The molecule has 0 unspecified atom stereocenters. The van der Waals surface area contributed by atoms with Gasteiger partial charge in [0.2, 0.25) is 10.0 Å². The fourth-order valence-corrected chi connectivity index (χ4v) is 4.44. The summed E-state index contributed by atoms with van der Waals surface area (Å²) in [4.78, 5) is 14.8. The summed E-state index contributed by atoms with van der Waals surface area (Å²) >= 11 is 6.15. The first-order valence-corrected chi connectivity index (χ1v) is 11.1. The van der Waals surface area contributed by atoms with Crippen LogP contribution in [0.25, 0.3) is 0 Å². The van der Waals surface area contributed by atoms with E-state index in [1.54, 1.807) is 6.07 Å². The number of hydrogen-bond donors (Lipinski definition) is 2. The molecule has 0 radical (unpaired) electrons. The standard InChI is InChI=1S/C20H24ClN3O3S/c1-15-5-4-6-16(13-15)23-20(25)18-14-17(7-8-19(18)21)28(26,27)22-9-12-24-10-2-3-11-24/h4-8,13-14,22H,2-3,9-12H2,1H3,(H,23,25). The number of rotatable bonds is 7. The van der Waals surface area contributed by atoms with E-state index < -0.39 is 15.9 Å². The molecule has 2 N–H and O–H groups in total. The maximum atomic E-state index is 12.6. The van der Waals surface area contributed by atoms with Gasteiger partial charge in [-0.15, -0.1) is 0 Å². The molecule has 1 saturated heterocycles. The van der Waals surface area contributed by atoms with E-state index in [0.29, 0.717) is 18.8 Å². The van der Waals surface area contributed by atoms with Gasteiger partial charge >= 0.3 is 0 Å². The van der Waals surface area contributed by atoms with Gasteiger partial charge in [-0.1, -0.05) is 23.7 Å². The fourth-order valence-electron chi connectivity index (χ4n) is 3.19. The van der Waals surface area contributed by atoms with Crippen molar-refractivity contribution in [3.8, 4) is 0 Å². The molecule has 1 heterocycles. The number of nitrogens with zero attached hydrogens (tertiary/aromatic N) is 1. The Labute approximate surface area is 170 Å². The van der Waals surface area contributed by atoms with Crippen LogP contribution in [0, 0.1) is 6.92 Å². The predicted octanol–water partition coefficient (Wildman–Crippen LogP) is 3.27. The van der Waals surface area contributed by atoms with Gasteiger partial charge in [0.1, 0.15) is 0 Å². The Bertz CT molecular complexity index is 957. The molecule has 0 aliphatic carbocycles. The Morgan fingerprint density at radius 2 is 1.89 bits per heavy atom. The Hall–Kier alpha value is -1.93. The van der Waals surface area contributed by atoms with Crippen LogP contribution in [0.5, 0.6) is 0 Å². The SMILES string of the molecule is Cc1cccc(NC(=O)c2cc(S(=O)(=O)NCCN3CCCC3)ccc2Cl)c1. The average Bonchev–Trinajstić information content (AvgIpc) is 3.15. The van der Waals surface area contributed by atoms with Gasteiger partial charge in [0.25, 0.3) is 5.91 Å². The van der Waals surface area contributed by atoms with Crippen molar-refractivity contribution in [1.29, 1.82) is 0 Å². The highest BCUT2D eigenvalue weighted by atomic mass is 35.5. The zero-order chi connectivity index (χ0) is 20.1. The van der Waals surface area contributed by atoms with Gasteiger partial charge in [-0.3, -0.25) is 4.79 Å². The molecule has 1 amide bonds. The summed E-state index contributed by atoms with van der Waals surface area (Å²) in [6, 6.07) is 11.5. The lowest BCUT2D eigenvalue weighted by Gasteiger charge is -2.15. The minimum atomic E-state index is -3.72. The summed E-state index contributed by atoms with van der Waals surface area (Å²) in [5, 5.41) is 2.95. The molecule has 0 aromatic heterocycles. The maximum Gasteiger partial charge on any atom is 0.257 e. The molecule has 1 aliphatic rings. The van der Waals surface area contributed by atoms with E-state index in [4.69, 9.17) is 11.6 Å². The molecular weight excluding hydrogens is 398 g/mol. The number of halogens is 1. The second kappa shape index (κ2) is 9.05. The van der Waals surface area contributed by atoms with E-state index in [0.717, 1.165) is 31.5 Å². The summed E-state index contributed by atoms with van der Waals surface area (Å²) in [7, 11) is -3.72. The lowest BCUT2D eigenvalue weighted by molar-refractivity contribution is 0.102. The van der Waals surface area contributed by atoms with Crippen LogP contribution >= 0.6 is 11.6 Å². The van der Waals surface area contributed by atoms with Crippen LogP contribution in [-0.2, 0) is 10.0 Å². The number of aryl methyl sites for hydroxylation is 1. The third-order valence-electron chi connectivity index (χ3n) is 4.69. The Kier molecular flexibility index (Phi) is 6.72. The largest absolute Gasteiger partial charge is 0.322 e. The maximum absolute atomic E-state index is 12.6. The van der Waals surface area contributed by atoms with Crippen molar-refractivity contribution in [3.05, 3.63) is 58.6 Å². The van der Waals surface area contributed by atoms with E-state index in [1.165, 1.54) is 18.2 Å². The summed E-state index contributed by atoms with van der Waals surface area (Å²) in [6.45, 7) is 4.94. The molecule has 0 atom stereocenters. The van der Waals surface area contributed by atoms with E-state index in [2.05, 4.69) is 14.9 Å². The number of nitrogens with one attached hydrogen (secondary N) is 2. The highest BCUT2D eigenvalue weighted by molar-refractivity contribution is 7.89. The molecule has 1 fully saturated rings. The van der Waals surface area contributed by atoms with Crippen LogP contribution in [0.2, 0.25) is 5.02 Å². The first kappa shape index (κ1) is 20.8. The van der Waals surface area contributed by atoms with Gasteiger partial charge in [-0.25, -0.2) is 13.1 Å². The predicted molar refractivity (Wildman–Crippen MR) is 111 cm³/mol. The Morgan fingerprint density at radius 3 is 2.61 bits per heavy atom. The summed E-state index contributed by atoms with van der Waals surface area (Å²) in [6.07, 6.45) is 2.31. The number of anilines is 1. The normalized spacial score (nSPS) is 14.9. The topological polar surface area (TPSA) is 78.5 Å². The minimum Gasteiger partial charge on any atom is -0.322 e. The van der Waals surface area contributed by atoms with Crippen LogP contribution in [0.3, 0.4) is 0 Å². The number of carbonyl (C=O) groups is 1. The van der Waals surface area contributed by atoms with E-state index in [-0.39, 0.29) is 15.5 Å². The Balaban J connectivity index is 1.71. The third kappa shape index (κ3) is 5.32. The third-order valence-corrected chi connectivity index (χ3v) is 6.48. The number of sulfonamides is 1. The number of likely N-dealkylation sites (tertiary alicyclic amines) is 1. The molecule has 0 saturated carbocycles. The Morgan fingerprint density at radius 1 is 1.14 bits per heavy atom. The van der Waals surface area contributed by atoms with Crippen molar-refractivity contribution >= 4 is 33.2 Å². The van der Waals surface area contributed by atoms with Crippen LogP contribution < -0.4 is 10.0 Å². The van der Waals surface area contributed by atoms with E-state index in [9.17, 15) is 13.2 Å². The first-order chi connectivity index (χ1) is 13.3. The lowest BCUT2D eigenvalue weighted by atomic mass is 10.2. The number of hydrogen-bond acceptors (Lipinski definition) is 4. The molecular formula is C20H24ClN3O3S. The monoisotopic (exact) mass is 421 g/mol. The quantitative estimate of drug-likeness (QED) is 0.719. The van der Waals surface area contributed by atoms with Gasteiger partial charge < -0.3 is 10.2 Å². The van der Waals surface area contributed by atoms with Gasteiger partial charge in [-0.05, 0) is 68.8 Å². The number of carbonyl (C=O) groups excluding carboxylic acids is 1. The zero-order valence-electron chi connectivity index (χ0n) is 15.7. The van der Waals surface area contributed by atoms with Gasteiger partial charge in [0, 0.05) is 18.8 Å². The molecule has 3 rings (SSSR count). The average molecular weight is 422 g/mol. The summed E-state index contributed by atoms with van der Waals surface area (Å²) in [5.74, 6) is -0.454. The fraction of sp³-hybridized carbons (Fsp3) is 0.350. The molecule has 1 aliphatic heterocycles. The molecule has 0 bridgehead atoms. The lowest BCUT2D eigenvalue weighted by Crippen LogP contribution is -2.33. The number of amides is 1. The van der Waals surface area contributed by atoms with Crippen LogP contribution in [0.15, 0.2) is 47.4 Å². The number of benzene rings is 2. The first-order valence-electron chi connectivity index (χ1n) is 9.25. The van der Waals surface area contributed by atoms with Gasteiger partial charge in [0.15, 0.2) is 0 Å². The highest BCUT2D eigenvalue weighted by Crippen LogP contribution is 2.22. The molecule has 8 heteroatoms. The molecule has 6 nitrogen and oxygen atoms in total. The molecule has 2 aromatic carbocycles. The van der Waals surface area contributed by atoms with Crippen LogP contribution in [0.4, 0.5) is 5.69 Å². The molecule has 28 heavy (non-hydrogen) atoms. The summed E-state index contributed by atoms with van der Waals surface area (Å²) in [5.41, 5.74) is 1.74. The molecule has 150 valence electrons. The molecule has 0 spiro atoms. The van der Waals surface area contributed by atoms with Crippen molar-refractivity contribution in [3.63, 3.8) is 0 Å². The van der Waals surface area contributed by atoms with E-state index in [1.807, 2.05) is 25.1 Å². The van der Waals surface area contributed by atoms with Gasteiger partial charge in [-0.2, -0.15) is 0 Å². The highest BCUT2D eigenvalue weighted by Gasteiger charge is 2.19. The second-order valence-electron chi connectivity index (χ2n) is 6.91. The van der Waals surface area contributed by atoms with Crippen molar-refractivity contribution in [2.24, 2.45) is 0 Å². The van der Waals surface area contributed by atoms with Crippen molar-refractivity contribution in [2.45, 2.75) is 24.7 Å². The second-order valence-corrected chi connectivity index (χ2v) is 9.09.